The molecule has 0 aliphatic rings. The minimum absolute atomic E-state index is 0. The monoisotopic (exact) mass is 1550 g/mol. The molecule has 0 bridgehead atoms. The fraction of sp³-hybridized carbons (Fsp3) is 0. The van der Waals surface area contributed by atoms with Gasteiger partial charge in [-0.2, -0.15) is 10.3 Å². The number of nitrogens with zero attached hydrogens (tertiary/aromatic N) is 22. The van der Waals surface area contributed by atoms with E-state index in [2.05, 4.69) is 127 Å². The molecule has 26 nitrogen and oxygen atoms in total. The second-order valence-corrected chi connectivity index (χ2v) is 17.5. The summed E-state index contributed by atoms with van der Waals surface area (Å²) >= 11 is 7.40. The van der Waals surface area contributed by atoms with Crippen molar-refractivity contribution in [3.8, 4) is 0 Å². The van der Waals surface area contributed by atoms with Crippen molar-refractivity contribution in [2.45, 2.75) is 0 Å². The van der Waals surface area contributed by atoms with Crippen LogP contribution < -0.4 is 18.6 Å². The van der Waals surface area contributed by atoms with Crippen LogP contribution >= 0.6 is 24.4 Å². The minimum Gasteiger partial charge on any atom is -0.753 e. The summed E-state index contributed by atoms with van der Waals surface area (Å²) in [6, 6.07) is 66.3. The Bertz CT molecular complexity index is 3310. The summed E-state index contributed by atoms with van der Waals surface area (Å²) in [5, 5.41) is 51.7. The fourth-order valence-electron chi connectivity index (χ4n) is 6.44. The van der Waals surface area contributed by atoms with Gasteiger partial charge in [0.05, 0.1) is 0 Å². The second-order valence-electron chi connectivity index (χ2n) is 16.4. The number of thiocarbonyl (C=S) groups is 2. The van der Waals surface area contributed by atoms with Gasteiger partial charge in [0.2, 0.25) is 0 Å². The molecule has 0 unspecified atom stereocenters. The summed E-state index contributed by atoms with van der Waals surface area (Å²) in [4.78, 5) is 50.5. The predicted molar refractivity (Wildman–Crippen MR) is 344 cm³/mol. The summed E-state index contributed by atoms with van der Waals surface area (Å²) in [7, 11) is -4.94. The van der Waals surface area contributed by atoms with E-state index in [1.807, 2.05) is 218 Å². The second kappa shape index (κ2) is 50.0. The molecule has 12 aromatic heterocycles. The Kier molecular flexibility index (Phi) is 44.0. The van der Waals surface area contributed by atoms with Crippen molar-refractivity contribution in [3.63, 3.8) is 0 Å². The average Bonchev–Trinajstić information content (AvgIpc) is 3.16. The van der Waals surface area contributed by atoms with Crippen molar-refractivity contribution in [1.29, 1.82) is 0 Å². The third-order valence-corrected chi connectivity index (χ3v) is 9.91. The van der Waals surface area contributed by atoms with Gasteiger partial charge in [-0.3, -0.25) is 0 Å². The first kappa shape index (κ1) is 84.5. The van der Waals surface area contributed by atoms with Crippen molar-refractivity contribution < 1.29 is 113 Å². The van der Waals surface area contributed by atoms with Crippen molar-refractivity contribution in [3.05, 3.63) is 321 Å². The molecule has 0 aliphatic carbocycles. The first-order valence-corrected chi connectivity index (χ1v) is 28.0. The third kappa shape index (κ3) is 36.8. The average molecular weight is 1560 g/mol. The van der Waals surface area contributed by atoms with E-state index in [1.165, 1.54) is 10.3 Å². The number of hydrogen-bond donors (Lipinski definition) is 0. The van der Waals surface area contributed by atoms with Gasteiger partial charge in [0, 0.05) is 93.1 Å². The molecule has 12 rings (SSSR count). The van der Waals surface area contributed by atoms with Crippen LogP contribution in [0.25, 0.3) is 53.4 Å². The van der Waals surface area contributed by atoms with E-state index in [0.29, 0.717) is 93.1 Å². The summed E-state index contributed by atoms with van der Waals surface area (Å²) in [6.07, 6.45) is 13.6. The molecule has 0 fully saturated rings. The molecule has 0 aliphatic heterocycles. The Morgan fingerprint density at radius 1 is 0.240 bits per heavy atom. The van der Waals surface area contributed by atoms with E-state index in [-0.39, 0.29) is 83.9 Å². The van der Waals surface area contributed by atoms with Crippen LogP contribution in [-0.4, -0.2) is 70.1 Å². The maximum absolute atomic E-state index is 8.49. The van der Waals surface area contributed by atoms with Gasteiger partial charge in [-0.1, -0.05) is 146 Å². The Morgan fingerprint density at radius 2 is 0.344 bits per heavy atom. The molecule has 96 heavy (non-hydrogen) atoms. The van der Waals surface area contributed by atoms with E-state index in [0.717, 1.165) is 0 Å². The molecule has 0 saturated carbocycles. The smallest absolute Gasteiger partial charge is 0.753 e. The van der Waals surface area contributed by atoms with Crippen LogP contribution in [0.2, 0.25) is 0 Å². The molecule has 12 heterocycles. The van der Waals surface area contributed by atoms with E-state index >= 15 is 0 Å². The van der Waals surface area contributed by atoms with Gasteiger partial charge in [0.25, 0.3) is 0 Å². The van der Waals surface area contributed by atoms with Gasteiger partial charge < -0.3 is 113 Å². The van der Waals surface area contributed by atoms with Crippen LogP contribution in [0.1, 0.15) is 0 Å². The molecule has 12 aromatic rings. The van der Waals surface area contributed by atoms with Gasteiger partial charge in [-0.05, 0) is 147 Å². The summed E-state index contributed by atoms with van der Waals surface area (Å²) in [6.45, 7) is 0. The molecular formula is C62H44ClCo5N22O4S2. The first-order valence-electron chi connectivity index (χ1n) is 26.0. The predicted octanol–water partition coefficient (Wildman–Crippen LogP) is 14.7. The zero-order valence-electron chi connectivity index (χ0n) is 48.7. The van der Waals surface area contributed by atoms with Gasteiger partial charge in [-0.25, -0.2) is 18.6 Å². The van der Waals surface area contributed by atoms with Gasteiger partial charge in [0.1, 0.15) is 0 Å². The normalized spacial score (nSPS) is 9.12. The maximum Gasteiger partial charge on any atom is 3.00 e. The molecule has 0 saturated heterocycles. The minimum atomic E-state index is -4.94. The third-order valence-electron chi connectivity index (χ3n) is 9.91. The Labute approximate surface area is 616 Å². The van der Waals surface area contributed by atoms with Crippen molar-refractivity contribution in [2.75, 3.05) is 0 Å². The SMILES string of the molecule is [Co+2].[Co+2].[Co+2].[Co+2].[Co+3].[N-]=C=S.[N-]=C=S.[O-][Cl+3]([O-])([O-])[O-].c1ccc([N-]c2cccc([N-]c3ccccn3)n2)nc1.c1ccc([N-]c2cccc([N-]c3ccccn3)n2)nc1.c1ccc([N-]c2cccc([N-]c3ccccn3)n2)nc1.c1ccc([N-]c2cccc([N-]c3ccccn3)n2)nc1. The zero-order valence-corrected chi connectivity index (χ0v) is 56.3. The largest absolute Gasteiger partial charge is 3.00 e. The van der Waals surface area contributed by atoms with Crippen LogP contribution in [-0.2, 0) is 83.9 Å². The topological polar surface area (TPSA) is 404 Å². The number of pyridine rings is 12. The van der Waals surface area contributed by atoms with Gasteiger partial charge in [-0.15, -0.1) is 10.2 Å². The molecule has 4 radical (unpaired) electrons. The zero-order chi connectivity index (χ0) is 64.4. The maximum atomic E-state index is 8.49. The van der Waals surface area contributed by atoms with Crippen LogP contribution in [0.3, 0.4) is 0 Å². The molecule has 0 spiro atoms. The Morgan fingerprint density at radius 3 is 0.438 bits per heavy atom. The van der Waals surface area contributed by atoms with Gasteiger partial charge in [0.15, 0.2) is 0 Å². The number of isothiocyanates is 2. The van der Waals surface area contributed by atoms with E-state index in [1.54, 1.807) is 49.6 Å². The van der Waals surface area contributed by atoms with Gasteiger partial charge >= 0.3 is 83.9 Å². The number of halogens is 1. The first-order chi connectivity index (χ1) is 44.4. The fourth-order valence-corrected chi connectivity index (χ4v) is 6.44. The summed E-state index contributed by atoms with van der Waals surface area (Å²) < 4.78 is 34.0. The number of aromatic nitrogens is 12. The van der Waals surface area contributed by atoms with Crippen LogP contribution in [0.15, 0.2) is 268 Å². The molecular weight excluding hydrogens is 1510 g/mol. The van der Waals surface area contributed by atoms with E-state index in [4.69, 9.17) is 29.5 Å². The molecule has 34 heteroatoms. The number of rotatable bonds is 16. The van der Waals surface area contributed by atoms with Crippen molar-refractivity contribution in [2.24, 2.45) is 0 Å². The quantitative estimate of drug-likeness (QED) is 0.0640. The molecule has 0 N–H and O–H groups in total. The van der Waals surface area contributed by atoms with E-state index in [9.17, 15) is 0 Å². The van der Waals surface area contributed by atoms with Crippen LogP contribution in [0, 0.1) is 10.2 Å². The van der Waals surface area contributed by atoms with Crippen LogP contribution in [0.4, 0.5) is 93.1 Å². The van der Waals surface area contributed by atoms with Crippen LogP contribution in [0.5, 0.6) is 0 Å². The van der Waals surface area contributed by atoms with E-state index < -0.39 is 10.2 Å². The Hall–Kier alpha value is -9.54. The van der Waals surface area contributed by atoms with Crippen molar-refractivity contribution in [1.82, 2.24) is 59.8 Å². The Balaban J connectivity index is 0.000000598. The molecule has 490 valence electrons. The molecule has 0 aromatic carbocycles. The summed E-state index contributed by atoms with van der Waals surface area (Å²) in [5.41, 5.74) is 0. The summed E-state index contributed by atoms with van der Waals surface area (Å²) in [5.74, 6) is 9.52. The molecule has 0 amide bonds. The van der Waals surface area contributed by atoms with Crippen molar-refractivity contribution >= 4 is 128 Å². The number of hydrogen-bond acceptors (Lipinski definition) is 18. The molecule has 0 atom stereocenters. The standard InChI is InChI=1S/4C15H11N5.2CNS.ClHO4.5Co/c4*1-3-10-16-12(6-1)18-14-8-5-9-15(20-14)19-13-7-2-4-11-17-13;2*2-1-3;2-1(3,4)5;;;;;/h4*1-11H;;;(H,2,3,4,5);;;;;/q4*-2;2*-1;;4*+2;+3/p-1.